The number of hydrogen-bond donors (Lipinski definition) is 3. The molecule has 1 unspecified atom stereocenters. The van der Waals surface area contributed by atoms with E-state index >= 15 is 0 Å². The number of nitrogens with one attached hydrogen (secondary N) is 3. The van der Waals surface area contributed by atoms with Gasteiger partial charge < -0.3 is 16.0 Å². The minimum absolute atomic E-state index is 0.0176. The van der Waals surface area contributed by atoms with Crippen molar-refractivity contribution in [3.63, 3.8) is 0 Å². The number of amides is 3. The van der Waals surface area contributed by atoms with Crippen LogP contribution < -0.4 is 16.0 Å². The molecule has 0 bridgehead atoms. The molecule has 2 aliphatic carbocycles. The fourth-order valence-corrected chi connectivity index (χ4v) is 4.09. The summed E-state index contributed by atoms with van der Waals surface area (Å²) < 4.78 is 0. The lowest BCUT2D eigenvalue weighted by Crippen LogP contribution is -2.17. The second-order valence-electron chi connectivity index (χ2n) is 7.45. The molecule has 3 amide bonds. The summed E-state index contributed by atoms with van der Waals surface area (Å²) in [6.07, 6.45) is 8.53. The van der Waals surface area contributed by atoms with E-state index < -0.39 is 0 Å². The first-order valence-corrected chi connectivity index (χ1v) is 10.7. The van der Waals surface area contributed by atoms with Crippen LogP contribution in [-0.4, -0.2) is 17.7 Å². The van der Waals surface area contributed by atoms with Gasteiger partial charge in [-0.3, -0.25) is 14.4 Å². The number of benzene rings is 1. The van der Waals surface area contributed by atoms with Gasteiger partial charge in [-0.1, -0.05) is 24.3 Å². The molecule has 0 aliphatic heterocycles. The van der Waals surface area contributed by atoms with Crippen molar-refractivity contribution in [1.82, 2.24) is 0 Å². The summed E-state index contributed by atoms with van der Waals surface area (Å²) in [5, 5.41) is 9.28. The van der Waals surface area contributed by atoms with Crippen LogP contribution in [0.1, 0.15) is 41.8 Å². The van der Waals surface area contributed by atoms with Crippen molar-refractivity contribution in [1.29, 1.82) is 0 Å². The van der Waals surface area contributed by atoms with Gasteiger partial charge in [-0.2, -0.15) is 0 Å². The van der Waals surface area contributed by atoms with Gasteiger partial charge >= 0.3 is 0 Å². The van der Waals surface area contributed by atoms with Crippen LogP contribution in [0.2, 0.25) is 0 Å². The van der Waals surface area contributed by atoms with Crippen molar-refractivity contribution in [3.05, 3.63) is 53.4 Å². The van der Waals surface area contributed by atoms with E-state index in [4.69, 9.17) is 0 Å². The van der Waals surface area contributed by atoms with Gasteiger partial charge in [0.1, 0.15) is 0 Å². The third-order valence-corrected chi connectivity index (χ3v) is 6.03. The summed E-state index contributed by atoms with van der Waals surface area (Å²) >= 11 is 1.24. The lowest BCUT2D eigenvalue weighted by atomic mass is 10.0. The number of thiophene rings is 1. The highest BCUT2D eigenvalue weighted by atomic mass is 32.1. The molecule has 1 fully saturated rings. The number of carbonyl (C=O) groups excluding carboxylic acids is 3. The first-order chi connectivity index (χ1) is 14.1. The first kappa shape index (κ1) is 19.4. The minimum atomic E-state index is -0.276. The number of allylic oxidation sites excluding steroid dienone is 2. The Bertz CT molecular complexity index is 962. The van der Waals surface area contributed by atoms with E-state index in [9.17, 15) is 14.4 Å². The summed E-state index contributed by atoms with van der Waals surface area (Å²) in [4.78, 5) is 37.3. The number of rotatable bonds is 7. The second-order valence-corrected chi connectivity index (χ2v) is 8.53. The Balaban J connectivity index is 1.38. The van der Waals surface area contributed by atoms with E-state index in [1.54, 1.807) is 30.3 Å². The molecule has 0 saturated heterocycles. The molecular formula is C22H23N3O3S. The van der Waals surface area contributed by atoms with Crippen molar-refractivity contribution in [2.24, 2.45) is 11.8 Å². The van der Waals surface area contributed by atoms with Gasteiger partial charge in [-0.25, -0.2) is 0 Å². The summed E-state index contributed by atoms with van der Waals surface area (Å²) in [5.41, 5.74) is 1.12. The van der Waals surface area contributed by atoms with Crippen molar-refractivity contribution in [3.8, 4) is 0 Å². The quantitative estimate of drug-likeness (QED) is 0.582. The van der Waals surface area contributed by atoms with E-state index in [0.717, 1.165) is 25.7 Å². The van der Waals surface area contributed by atoms with Crippen molar-refractivity contribution < 1.29 is 14.4 Å². The normalized spacial score (nSPS) is 17.7. The maximum atomic E-state index is 12.6. The Morgan fingerprint density at radius 3 is 2.38 bits per heavy atom. The second kappa shape index (κ2) is 8.61. The van der Waals surface area contributed by atoms with Crippen LogP contribution in [0.5, 0.6) is 0 Å². The van der Waals surface area contributed by atoms with Gasteiger partial charge in [-0.05, 0) is 55.9 Å². The molecule has 150 valence electrons. The molecular weight excluding hydrogens is 386 g/mol. The van der Waals surface area contributed by atoms with Gasteiger partial charge in [0.15, 0.2) is 0 Å². The van der Waals surface area contributed by atoms with Gasteiger partial charge in [0.05, 0.1) is 21.3 Å². The van der Waals surface area contributed by atoms with Crippen molar-refractivity contribution in [2.45, 2.75) is 32.1 Å². The molecule has 4 rings (SSSR count). The Kier molecular flexibility index (Phi) is 5.76. The van der Waals surface area contributed by atoms with Crippen LogP contribution in [0.4, 0.5) is 16.4 Å². The summed E-state index contributed by atoms with van der Waals surface area (Å²) in [7, 11) is 0. The molecule has 29 heavy (non-hydrogen) atoms. The molecule has 1 aromatic carbocycles. The van der Waals surface area contributed by atoms with Crippen molar-refractivity contribution in [2.75, 3.05) is 16.0 Å². The predicted molar refractivity (Wildman–Crippen MR) is 115 cm³/mol. The number of para-hydroxylation sites is 2. The van der Waals surface area contributed by atoms with Crippen LogP contribution in [0.3, 0.4) is 0 Å². The SMILES string of the molecule is O=C(CC1C=CCC1)Nc1ccccc1NC(=O)c1ccc(NC(=O)C2CC2)s1. The Morgan fingerprint density at radius 2 is 1.69 bits per heavy atom. The summed E-state index contributed by atoms with van der Waals surface area (Å²) in [6.45, 7) is 0. The molecule has 6 nitrogen and oxygen atoms in total. The molecule has 1 atom stereocenters. The molecule has 1 aromatic heterocycles. The van der Waals surface area contributed by atoms with Crippen LogP contribution >= 0.6 is 11.3 Å². The van der Waals surface area contributed by atoms with Crippen LogP contribution in [0.15, 0.2) is 48.6 Å². The van der Waals surface area contributed by atoms with Crippen molar-refractivity contribution >= 4 is 45.4 Å². The Labute approximate surface area is 173 Å². The van der Waals surface area contributed by atoms with Gasteiger partial charge in [0.25, 0.3) is 5.91 Å². The highest BCUT2D eigenvalue weighted by Gasteiger charge is 2.30. The highest BCUT2D eigenvalue weighted by molar-refractivity contribution is 7.18. The third kappa shape index (κ3) is 5.12. The van der Waals surface area contributed by atoms with Gasteiger partial charge in [0, 0.05) is 12.3 Å². The van der Waals surface area contributed by atoms with E-state index in [1.165, 1.54) is 11.3 Å². The number of hydrogen-bond acceptors (Lipinski definition) is 4. The monoisotopic (exact) mass is 409 g/mol. The maximum absolute atomic E-state index is 12.6. The molecule has 7 heteroatoms. The van der Waals surface area contributed by atoms with Crippen LogP contribution in [0, 0.1) is 11.8 Å². The molecule has 0 radical (unpaired) electrons. The largest absolute Gasteiger partial charge is 0.324 e. The zero-order valence-corrected chi connectivity index (χ0v) is 16.8. The van der Waals surface area contributed by atoms with E-state index in [2.05, 4.69) is 28.1 Å². The molecule has 2 aromatic rings. The molecule has 1 saturated carbocycles. The zero-order valence-electron chi connectivity index (χ0n) is 15.9. The molecule has 3 N–H and O–H groups in total. The standard InChI is InChI=1S/C22H23N3O3S/c26-19(13-14-5-1-2-6-14)23-16-7-3-4-8-17(16)24-22(28)18-11-12-20(29-18)25-21(27)15-9-10-15/h1,3-5,7-8,11-12,14-15H,2,6,9-10,13H2,(H,23,26)(H,24,28)(H,25,27). The topological polar surface area (TPSA) is 87.3 Å². The van der Waals surface area contributed by atoms with Crippen LogP contribution in [0.25, 0.3) is 0 Å². The Morgan fingerprint density at radius 1 is 0.931 bits per heavy atom. The first-order valence-electron chi connectivity index (χ1n) is 9.86. The minimum Gasteiger partial charge on any atom is -0.324 e. The number of anilines is 3. The molecule has 2 aliphatic rings. The average molecular weight is 410 g/mol. The lowest BCUT2D eigenvalue weighted by molar-refractivity contribution is -0.117. The fourth-order valence-electron chi connectivity index (χ4n) is 3.29. The zero-order chi connectivity index (χ0) is 20.2. The Hall–Kier alpha value is -2.93. The highest BCUT2D eigenvalue weighted by Crippen LogP contribution is 2.32. The number of carbonyl (C=O) groups is 3. The van der Waals surface area contributed by atoms with Crippen LogP contribution in [-0.2, 0) is 9.59 Å². The van der Waals surface area contributed by atoms with E-state index in [0.29, 0.717) is 27.7 Å². The van der Waals surface area contributed by atoms with Gasteiger partial charge in [0.2, 0.25) is 11.8 Å². The third-order valence-electron chi connectivity index (χ3n) is 5.03. The lowest BCUT2D eigenvalue weighted by Gasteiger charge is -2.13. The van der Waals surface area contributed by atoms with E-state index in [1.807, 2.05) is 6.07 Å². The maximum Gasteiger partial charge on any atom is 0.265 e. The van der Waals surface area contributed by atoms with E-state index in [-0.39, 0.29) is 29.6 Å². The van der Waals surface area contributed by atoms with Gasteiger partial charge in [-0.15, -0.1) is 11.3 Å². The summed E-state index contributed by atoms with van der Waals surface area (Å²) in [6, 6.07) is 10.6. The molecule has 0 spiro atoms. The average Bonchev–Trinajstić information content (AvgIpc) is 3.24. The fraction of sp³-hybridized carbons (Fsp3) is 0.318. The smallest absolute Gasteiger partial charge is 0.265 e. The summed E-state index contributed by atoms with van der Waals surface area (Å²) in [5.74, 6) is 0.0764. The molecule has 1 heterocycles. The predicted octanol–water partition coefficient (Wildman–Crippen LogP) is 4.64.